The van der Waals surface area contributed by atoms with Gasteiger partial charge in [-0.3, -0.25) is 4.79 Å². The van der Waals surface area contributed by atoms with Crippen LogP contribution in [0.15, 0.2) is 47.3 Å². The van der Waals surface area contributed by atoms with E-state index < -0.39 is 18.8 Å². The van der Waals surface area contributed by atoms with Crippen LogP contribution in [0.1, 0.15) is 40.8 Å². The normalized spacial score (nSPS) is 16.8. The number of carbonyl (C=O) groups excluding carboxylic acids is 1. The lowest BCUT2D eigenvalue weighted by molar-refractivity contribution is 0.0723. The van der Waals surface area contributed by atoms with Gasteiger partial charge in [-0.15, -0.1) is 0 Å². The molecule has 0 saturated heterocycles. The first-order valence-corrected chi connectivity index (χ1v) is 14.2. The molecule has 4 aromatic heterocycles. The van der Waals surface area contributed by atoms with Crippen molar-refractivity contribution in [1.82, 2.24) is 29.0 Å². The molecular formula is C30H32FN7O4. The minimum absolute atomic E-state index is 0.0152. The number of nitrogens with zero attached hydrogens (tertiary/aromatic N) is 6. The van der Waals surface area contributed by atoms with Gasteiger partial charge in [0.05, 0.1) is 34.7 Å². The summed E-state index contributed by atoms with van der Waals surface area (Å²) in [4.78, 5) is 28.5. The third-order valence-electron chi connectivity index (χ3n) is 8.14. The summed E-state index contributed by atoms with van der Waals surface area (Å²) in [6.07, 6.45) is 4.70. The van der Waals surface area contributed by atoms with Crippen molar-refractivity contribution < 1.29 is 23.4 Å². The largest absolute Gasteiger partial charge is 0.488 e. The van der Waals surface area contributed by atoms with E-state index in [1.807, 2.05) is 29.8 Å². The molecule has 0 unspecified atom stereocenters. The van der Waals surface area contributed by atoms with Crippen molar-refractivity contribution in [2.45, 2.75) is 38.0 Å². The van der Waals surface area contributed by atoms with Crippen LogP contribution in [-0.4, -0.2) is 72.4 Å². The summed E-state index contributed by atoms with van der Waals surface area (Å²) in [6.45, 7) is 0.759. The number of nitrogens with two attached hydrogens (primary N) is 1. The van der Waals surface area contributed by atoms with Crippen LogP contribution in [0.2, 0.25) is 0 Å². The van der Waals surface area contributed by atoms with Crippen molar-refractivity contribution in [2.75, 3.05) is 26.4 Å². The van der Waals surface area contributed by atoms with Gasteiger partial charge in [0.2, 0.25) is 0 Å². The molecule has 0 spiro atoms. The Morgan fingerprint density at radius 3 is 2.88 bits per heavy atom. The first-order chi connectivity index (χ1) is 20.4. The standard InChI is InChI=1S/C30H32FN7O4/c1-36-28-22(10-20-21(34-28)7-8-37(30(20)40)14-19(32)11-31)35-29(36)23-9-18-3-2-4-25(27(18)38(23)13-17-5-6-17)41-15-24(39)26-12-33-16-42-26/h2-4,9-10,12,16-17,19,24,39H,5-8,11,13-15,32H2,1H3/t19-,24-/m1/s1. The Morgan fingerprint density at radius 1 is 1.26 bits per heavy atom. The molecule has 218 valence electrons. The number of aromatic nitrogens is 5. The van der Waals surface area contributed by atoms with Crippen molar-refractivity contribution in [3.05, 3.63) is 59.9 Å². The molecule has 3 N–H and O–H groups in total. The third kappa shape index (κ3) is 4.70. The fourth-order valence-corrected chi connectivity index (χ4v) is 5.75. The molecule has 1 saturated carbocycles. The van der Waals surface area contributed by atoms with Gasteiger partial charge < -0.3 is 34.0 Å². The minimum atomic E-state index is -0.947. The second kappa shape index (κ2) is 10.5. The molecule has 1 amide bonds. The molecule has 5 heterocycles. The number of pyridine rings is 1. The number of aryl methyl sites for hydroxylation is 1. The highest BCUT2D eigenvalue weighted by Gasteiger charge is 2.30. The zero-order valence-electron chi connectivity index (χ0n) is 23.2. The average Bonchev–Trinajstić information content (AvgIpc) is 3.36. The van der Waals surface area contributed by atoms with Gasteiger partial charge in [-0.1, -0.05) is 12.1 Å². The molecule has 11 nitrogen and oxygen atoms in total. The average molecular weight is 574 g/mol. The third-order valence-corrected chi connectivity index (χ3v) is 8.14. The van der Waals surface area contributed by atoms with E-state index in [1.54, 1.807) is 11.0 Å². The molecule has 12 heteroatoms. The van der Waals surface area contributed by atoms with Crippen LogP contribution in [0, 0.1) is 5.92 Å². The second-order valence-corrected chi connectivity index (χ2v) is 11.2. The minimum Gasteiger partial charge on any atom is -0.488 e. The van der Waals surface area contributed by atoms with Crippen molar-refractivity contribution in [3.8, 4) is 17.3 Å². The highest BCUT2D eigenvalue weighted by molar-refractivity contribution is 5.99. The van der Waals surface area contributed by atoms with E-state index in [0.717, 1.165) is 41.8 Å². The van der Waals surface area contributed by atoms with Crippen molar-refractivity contribution >= 4 is 28.0 Å². The first-order valence-electron chi connectivity index (χ1n) is 14.2. The van der Waals surface area contributed by atoms with Gasteiger partial charge in [0.1, 0.15) is 30.7 Å². The summed E-state index contributed by atoms with van der Waals surface area (Å²) in [5.41, 5.74) is 10.2. The van der Waals surface area contributed by atoms with Crippen LogP contribution in [0.25, 0.3) is 33.6 Å². The number of oxazole rings is 1. The summed E-state index contributed by atoms with van der Waals surface area (Å²) >= 11 is 0. The molecule has 2 aliphatic rings. The number of benzene rings is 1. The zero-order valence-corrected chi connectivity index (χ0v) is 23.2. The monoisotopic (exact) mass is 573 g/mol. The zero-order chi connectivity index (χ0) is 29.0. The highest BCUT2D eigenvalue weighted by Crippen LogP contribution is 2.39. The maximum absolute atomic E-state index is 13.2. The number of para-hydroxylation sites is 1. The van der Waals surface area contributed by atoms with Gasteiger partial charge >= 0.3 is 0 Å². The fourth-order valence-electron chi connectivity index (χ4n) is 5.75. The lowest BCUT2D eigenvalue weighted by Gasteiger charge is -2.29. The number of hydrogen-bond donors (Lipinski definition) is 2. The van der Waals surface area contributed by atoms with Gasteiger partial charge in [0.25, 0.3) is 5.91 Å². The number of carbonyl (C=O) groups is 1. The number of hydrogen-bond acceptors (Lipinski definition) is 8. The number of amides is 1. The summed E-state index contributed by atoms with van der Waals surface area (Å²) in [5, 5.41) is 11.5. The Bertz CT molecular complexity index is 1780. The summed E-state index contributed by atoms with van der Waals surface area (Å²) in [5.74, 6) is 2.10. The predicted molar refractivity (Wildman–Crippen MR) is 153 cm³/mol. The Balaban J connectivity index is 1.28. The first kappa shape index (κ1) is 26.6. The van der Waals surface area contributed by atoms with Crippen LogP contribution in [0.5, 0.6) is 5.75 Å². The molecule has 0 bridgehead atoms. The van der Waals surface area contributed by atoms with Crippen LogP contribution in [0.4, 0.5) is 4.39 Å². The number of aliphatic hydroxyl groups excluding tert-OH is 1. The Labute approximate surface area is 240 Å². The van der Waals surface area contributed by atoms with Crippen LogP contribution in [0.3, 0.4) is 0 Å². The lowest BCUT2D eigenvalue weighted by atomic mass is 10.0. The molecule has 7 rings (SSSR count). The van der Waals surface area contributed by atoms with Gasteiger partial charge in [-0.25, -0.2) is 19.3 Å². The quantitative estimate of drug-likeness (QED) is 0.259. The number of fused-ring (bicyclic) bond motifs is 3. The van der Waals surface area contributed by atoms with E-state index in [0.29, 0.717) is 52.8 Å². The predicted octanol–water partition coefficient (Wildman–Crippen LogP) is 3.40. The molecule has 0 radical (unpaired) electrons. The number of alkyl halides is 1. The highest BCUT2D eigenvalue weighted by atomic mass is 19.1. The Morgan fingerprint density at radius 2 is 2.12 bits per heavy atom. The van der Waals surface area contributed by atoms with Gasteiger partial charge in [0.15, 0.2) is 23.6 Å². The van der Waals surface area contributed by atoms with Crippen LogP contribution >= 0.6 is 0 Å². The molecule has 42 heavy (non-hydrogen) atoms. The molecule has 2 atom stereocenters. The van der Waals surface area contributed by atoms with E-state index >= 15 is 0 Å². The number of aliphatic hydroxyl groups is 1. The number of halogens is 1. The van der Waals surface area contributed by atoms with E-state index in [1.165, 1.54) is 12.6 Å². The van der Waals surface area contributed by atoms with Crippen molar-refractivity contribution in [1.29, 1.82) is 0 Å². The maximum Gasteiger partial charge on any atom is 0.255 e. The van der Waals surface area contributed by atoms with Gasteiger partial charge in [-0.05, 0) is 37.0 Å². The molecule has 5 aromatic rings. The number of rotatable bonds is 10. The fraction of sp³-hybridized carbons (Fsp3) is 0.400. The van der Waals surface area contributed by atoms with E-state index in [9.17, 15) is 14.3 Å². The van der Waals surface area contributed by atoms with Crippen molar-refractivity contribution in [2.24, 2.45) is 18.7 Å². The molecule has 1 fully saturated rings. The summed E-state index contributed by atoms with van der Waals surface area (Å²) in [7, 11) is 1.94. The molecule has 1 aliphatic carbocycles. The summed E-state index contributed by atoms with van der Waals surface area (Å²) < 4.78 is 28.6. The Kier molecular flexibility index (Phi) is 6.66. The van der Waals surface area contributed by atoms with E-state index in [2.05, 4.69) is 15.6 Å². The Hall–Kier alpha value is -4.29. The smallest absolute Gasteiger partial charge is 0.255 e. The number of ether oxygens (including phenoxy) is 1. The van der Waals surface area contributed by atoms with Crippen molar-refractivity contribution in [3.63, 3.8) is 0 Å². The van der Waals surface area contributed by atoms with E-state index in [-0.39, 0.29) is 19.1 Å². The molecular weight excluding hydrogens is 541 g/mol. The lowest BCUT2D eigenvalue weighted by Crippen LogP contribution is -2.45. The summed E-state index contributed by atoms with van der Waals surface area (Å²) in [6, 6.07) is 9.06. The topological polar surface area (TPSA) is 137 Å². The van der Waals surface area contributed by atoms with E-state index in [4.69, 9.17) is 24.9 Å². The maximum atomic E-state index is 13.2. The van der Waals surface area contributed by atoms with Gasteiger partial charge in [-0.2, -0.15) is 0 Å². The van der Waals surface area contributed by atoms with Crippen LogP contribution in [-0.2, 0) is 20.0 Å². The SMILES string of the molecule is Cn1c(-c2cc3cccc(OC[C@@H](O)c4cnco4)c3n2CC2CC2)nc2cc3c(nc21)CCN(C[C@H](N)CF)C3=O. The number of imidazole rings is 1. The molecule has 1 aromatic carbocycles. The second-order valence-electron chi connectivity index (χ2n) is 11.2. The molecule has 1 aliphatic heterocycles. The van der Waals surface area contributed by atoms with Crippen LogP contribution < -0.4 is 10.5 Å². The van der Waals surface area contributed by atoms with Gasteiger partial charge in [0, 0.05) is 38.5 Å².